The van der Waals surface area contributed by atoms with Gasteiger partial charge in [-0.3, -0.25) is 4.79 Å². The van der Waals surface area contributed by atoms with Gasteiger partial charge in [0, 0.05) is 22.9 Å². The first kappa shape index (κ1) is 22.2. The number of ether oxygens (including phenoxy) is 2. The third kappa shape index (κ3) is 6.27. The molecule has 3 aromatic carbocycles. The largest absolute Gasteiger partial charge is 0.493 e. The maximum Gasteiger partial charge on any atom is 0.262 e. The first-order valence-corrected chi connectivity index (χ1v) is 10.8. The van der Waals surface area contributed by atoms with E-state index in [1.165, 1.54) is 0 Å². The molecule has 0 fully saturated rings. The Morgan fingerprint density at radius 2 is 1.83 bits per heavy atom. The van der Waals surface area contributed by atoms with Gasteiger partial charge in [0.15, 0.2) is 18.1 Å². The number of benzene rings is 3. The molecule has 0 heterocycles. The number of carbonyl (C=O) groups is 1. The zero-order valence-electron chi connectivity index (χ0n) is 16.7. The fraction of sp³-hybridized carbons (Fsp3) is 0.174. The highest BCUT2D eigenvalue weighted by molar-refractivity contribution is 14.1. The summed E-state index contributed by atoms with van der Waals surface area (Å²) in [5.74, 6) is 0.901. The molecule has 5 nitrogen and oxygen atoms in total. The van der Waals surface area contributed by atoms with Crippen LogP contribution in [0.25, 0.3) is 0 Å². The summed E-state index contributed by atoms with van der Waals surface area (Å²) < 4.78 is 12.1. The minimum Gasteiger partial charge on any atom is -0.493 e. The van der Waals surface area contributed by atoms with Crippen LogP contribution in [0, 0.1) is 10.5 Å². The minimum absolute atomic E-state index is 0.108. The molecule has 0 aliphatic heterocycles. The van der Waals surface area contributed by atoms with Crippen LogP contribution in [-0.2, 0) is 11.3 Å². The van der Waals surface area contributed by atoms with Crippen molar-refractivity contribution >= 4 is 51.5 Å². The van der Waals surface area contributed by atoms with Gasteiger partial charge in [0.05, 0.1) is 10.7 Å². The van der Waals surface area contributed by atoms with Gasteiger partial charge in [0.1, 0.15) is 0 Å². The Kier molecular flexibility index (Phi) is 7.81. The van der Waals surface area contributed by atoms with Crippen LogP contribution in [0.5, 0.6) is 11.5 Å². The van der Waals surface area contributed by atoms with Gasteiger partial charge in [-0.1, -0.05) is 23.7 Å². The van der Waals surface area contributed by atoms with E-state index in [-0.39, 0.29) is 12.5 Å². The molecule has 0 aliphatic rings. The third-order valence-corrected chi connectivity index (χ3v) is 5.33. The predicted molar refractivity (Wildman–Crippen MR) is 130 cm³/mol. The van der Waals surface area contributed by atoms with Crippen molar-refractivity contribution < 1.29 is 14.3 Å². The topological polar surface area (TPSA) is 59.6 Å². The van der Waals surface area contributed by atoms with Gasteiger partial charge in [-0.05, 0) is 89.2 Å². The number of aryl methyl sites for hydroxylation is 1. The lowest BCUT2D eigenvalue weighted by atomic mass is 10.2. The summed E-state index contributed by atoms with van der Waals surface area (Å²) in [5.41, 5.74) is 3.82. The minimum atomic E-state index is -0.230. The van der Waals surface area contributed by atoms with Crippen LogP contribution in [0.4, 0.5) is 11.4 Å². The number of amides is 1. The monoisotopic (exact) mass is 536 g/mol. The Balaban J connectivity index is 1.63. The Hall–Kier alpha value is -2.45. The van der Waals surface area contributed by atoms with Gasteiger partial charge in [-0.2, -0.15) is 0 Å². The molecule has 0 saturated carbocycles. The lowest BCUT2D eigenvalue weighted by Gasteiger charge is -2.15. The van der Waals surface area contributed by atoms with Crippen LogP contribution < -0.4 is 20.1 Å². The highest BCUT2D eigenvalue weighted by Crippen LogP contribution is 2.34. The number of hydrogen-bond acceptors (Lipinski definition) is 4. The normalized spacial score (nSPS) is 10.4. The molecule has 0 saturated heterocycles. The molecule has 0 atom stereocenters. The second-order valence-corrected chi connectivity index (χ2v) is 8.27. The van der Waals surface area contributed by atoms with E-state index in [4.69, 9.17) is 21.1 Å². The lowest BCUT2D eigenvalue weighted by Crippen LogP contribution is -2.20. The molecule has 156 valence electrons. The van der Waals surface area contributed by atoms with Gasteiger partial charge in [0.2, 0.25) is 0 Å². The summed E-state index contributed by atoms with van der Waals surface area (Å²) in [4.78, 5) is 12.3. The summed E-state index contributed by atoms with van der Waals surface area (Å²) >= 11 is 8.11. The van der Waals surface area contributed by atoms with E-state index in [9.17, 15) is 4.79 Å². The maximum atomic E-state index is 12.3. The molecule has 0 bridgehead atoms. The average molecular weight is 537 g/mol. The van der Waals surface area contributed by atoms with E-state index in [2.05, 4.69) is 33.2 Å². The zero-order valence-corrected chi connectivity index (χ0v) is 19.6. The van der Waals surface area contributed by atoms with Crippen molar-refractivity contribution in [2.75, 3.05) is 24.4 Å². The number of methoxy groups -OCH3 is 1. The van der Waals surface area contributed by atoms with Crippen molar-refractivity contribution in [2.45, 2.75) is 13.5 Å². The molecule has 0 aromatic heterocycles. The Morgan fingerprint density at radius 1 is 1.07 bits per heavy atom. The highest BCUT2D eigenvalue weighted by Gasteiger charge is 2.14. The molecule has 0 spiro atoms. The number of anilines is 2. The molecular formula is C23H22ClIN2O3. The van der Waals surface area contributed by atoms with Gasteiger partial charge in [-0.15, -0.1) is 0 Å². The summed E-state index contributed by atoms with van der Waals surface area (Å²) in [6, 6.07) is 19.1. The molecule has 30 heavy (non-hydrogen) atoms. The Labute approximate surface area is 194 Å². The van der Waals surface area contributed by atoms with Crippen LogP contribution in [-0.4, -0.2) is 19.6 Å². The standard InChI is InChI=1S/C23H22ClIN2O3/c1-15-4-3-5-19(10-15)27-22(28)14-30-23-20(25)11-16(12-21(23)29-2)13-26-18-8-6-17(24)7-9-18/h3-12,26H,13-14H2,1-2H3,(H,27,28). The van der Waals surface area contributed by atoms with Gasteiger partial charge < -0.3 is 20.1 Å². The fourth-order valence-corrected chi connectivity index (χ4v) is 3.79. The molecule has 7 heteroatoms. The second-order valence-electron chi connectivity index (χ2n) is 6.68. The van der Waals surface area contributed by atoms with Crippen molar-refractivity contribution in [3.63, 3.8) is 0 Å². The Morgan fingerprint density at radius 3 is 2.53 bits per heavy atom. The van der Waals surface area contributed by atoms with Crippen molar-refractivity contribution in [3.8, 4) is 11.5 Å². The molecule has 0 radical (unpaired) electrons. The van der Waals surface area contributed by atoms with Crippen molar-refractivity contribution in [2.24, 2.45) is 0 Å². The fourth-order valence-electron chi connectivity index (χ4n) is 2.84. The molecule has 2 N–H and O–H groups in total. The number of hydrogen-bond donors (Lipinski definition) is 2. The van der Waals surface area contributed by atoms with Gasteiger partial charge >= 0.3 is 0 Å². The number of halogens is 2. The van der Waals surface area contributed by atoms with Crippen molar-refractivity contribution in [1.82, 2.24) is 0 Å². The van der Waals surface area contributed by atoms with Crippen molar-refractivity contribution in [1.29, 1.82) is 0 Å². The van der Waals surface area contributed by atoms with Crippen LogP contribution in [0.2, 0.25) is 5.02 Å². The predicted octanol–water partition coefficient (Wildman–Crippen LogP) is 5.89. The van der Waals surface area contributed by atoms with Crippen LogP contribution in [0.3, 0.4) is 0 Å². The first-order valence-electron chi connectivity index (χ1n) is 9.30. The molecular weight excluding hydrogens is 515 g/mol. The quantitative estimate of drug-likeness (QED) is 0.353. The maximum absolute atomic E-state index is 12.3. The number of rotatable bonds is 8. The van der Waals surface area contributed by atoms with E-state index in [1.807, 2.05) is 67.6 Å². The average Bonchev–Trinajstić information content (AvgIpc) is 2.72. The first-order chi connectivity index (χ1) is 14.4. The molecule has 1 amide bonds. The van der Waals surface area contributed by atoms with E-state index in [1.54, 1.807) is 7.11 Å². The summed E-state index contributed by atoms with van der Waals surface area (Å²) in [7, 11) is 1.58. The second kappa shape index (κ2) is 10.5. The van der Waals surface area contributed by atoms with Crippen LogP contribution in [0.15, 0.2) is 60.7 Å². The van der Waals surface area contributed by atoms with Gasteiger partial charge in [-0.25, -0.2) is 0 Å². The summed E-state index contributed by atoms with van der Waals surface area (Å²) in [5, 5.41) is 6.88. The third-order valence-electron chi connectivity index (χ3n) is 4.28. The van der Waals surface area contributed by atoms with E-state index in [0.717, 1.165) is 26.1 Å². The molecule has 0 unspecified atom stereocenters. The Bertz CT molecular complexity index is 1030. The summed E-state index contributed by atoms with van der Waals surface area (Å²) in [6.45, 7) is 2.48. The molecule has 3 aromatic rings. The van der Waals surface area contributed by atoms with Crippen LogP contribution >= 0.6 is 34.2 Å². The number of carbonyl (C=O) groups excluding carboxylic acids is 1. The zero-order chi connectivity index (χ0) is 21.5. The SMILES string of the molecule is COc1cc(CNc2ccc(Cl)cc2)cc(I)c1OCC(=O)Nc1cccc(C)c1. The summed E-state index contributed by atoms with van der Waals surface area (Å²) in [6.07, 6.45) is 0. The smallest absolute Gasteiger partial charge is 0.262 e. The van der Waals surface area contributed by atoms with Crippen molar-refractivity contribution in [3.05, 3.63) is 80.4 Å². The van der Waals surface area contributed by atoms with Crippen LogP contribution in [0.1, 0.15) is 11.1 Å². The molecule has 3 rings (SSSR count). The highest BCUT2D eigenvalue weighted by atomic mass is 127. The molecule has 0 aliphatic carbocycles. The van der Waals surface area contributed by atoms with E-state index < -0.39 is 0 Å². The van der Waals surface area contributed by atoms with E-state index >= 15 is 0 Å². The van der Waals surface area contributed by atoms with E-state index in [0.29, 0.717) is 23.1 Å². The lowest BCUT2D eigenvalue weighted by molar-refractivity contribution is -0.118. The number of nitrogens with one attached hydrogen (secondary N) is 2. The van der Waals surface area contributed by atoms with Gasteiger partial charge in [0.25, 0.3) is 5.91 Å².